The third-order valence-electron chi connectivity index (χ3n) is 3.70. The van der Waals surface area contributed by atoms with Gasteiger partial charge in [0, 0.05) is 45.6 Å². The fourth-order valence-corrected chi connectivity index (χ4v) is 2.38. The Bertz CT molecular complexity index is 585. The molecule has 7 nitrogen and oxygen atoms in total. The maximum absolute atomic E-state index is 4.72. The molecule has 0 radical (unpaired) electrons. The largest absolute Gasteiger partial charge is 0.357 e. The van der Waals surface area contributed by atoms with Crippen LogP contribution in [0.5, 0.6) is 0 Å². The highest BCUT2D eigenvalue weighted by Gasteiger charge is 2.07. The minimum atomic E-state index is 0.821. The summed E-state index contributed by atoms with van der Waals surface area (Å²) in [5.41, 5.74) is 1.27. The Morgan fingerprint density at radius 3 is 2.74 bits per heavy atom. The van der Waals surface area contributed by atoms with Gasteiger partial charge in [-0.15, -0.1) is 10.2 Å². The molecule has 0 saturated carbocycles. The quantitative estimate of drug-likeness (QED) is 0.455. The zero-order valence-corrected chi connectivity index (χ0v) is 14.3. The van der Waals surface area contributed by atoms with Gasteiger partial charge < -0.3 is 19.4 Å². The van der Waals surface area contributed by atoms with E-state index < -0.39 is 0 Å². The Balaban J connectivity index is 1.80. The van der Waals surface area contributed by atoms with Crippen molar-refractivity contribution in [1.29, 1.82) is 0 Å². The molecular formula is C16H27N7. The van der Waals surface area contributed by atoms with Crippen LogP contribution in [0.1, 0.15) is 25.5 Å². The fraction of sp³-hybridized carbons (Fsp3) is 0.562. The van der Waals surface area contributed by atoms with Crippen molar-refractivity contribution >= 4 is 5.96 Å². The van der Waals surface area contributed by atoms with Gasteiger partial charge in [0.15, 0.2) is 5.96 Å². The van der Waals surface area contributed by atoms with Gasteiger partial charge in [0.05, 0.1) is 6.54 Å². The minimum absolute atomic E-state index is 0.821. The first-order chi connectivity index (χ1) is 11.2. The van der Waals surface area contributed by atoms with Crippen LogP contribution >= 0.6 is 0 Å². The van der Waals surface area contributed by atoms with Gasteiger partial charge in [0.1, 0.15) is 12.7 Å². The molecule has 0 aromatic carbocycles. The molecule has 0 spiro atoms. The van der Waals surface area contributed by atoms with Crippen LogP contribution < -0.4 is 5.32 Å². The Morgan fingerprint density at radius 2 is 2.09 bits per heavy atom. The van der Waals surface area contributed by atoms with Crippen LogP contribution in [-0.2, 0) is 20.1 Å². The fourth-order valence-electron chi connectivity index (χ4n) is 2.38. The van der Waals surface area contributed by atoms with Gasteiger partial charge in [0.2, 0.25) is 0 Å². The molecule has 2 aromatic rings. The zero-order valence-electron chi connectivity index (χ0n) is 14.3. The van der Waals surface area contributed by atoms with Gasteiger partial charge >= 0.3 is 0 Å². The number of aryl methyl sites for hydroxylation is 2. The smallest absolute Gasteiger partial charge is 0.194 e. The van der Waals surface area contributed by atoms with Crippen LogP contribution in [0.2, 0.25) is 0 Å². The van der Waals surface area contributed by atoms with E-state index in [2.05, 4.69) is 64.3 Å². The molecule has 126 valence electrons. The molecule has 1 N–H and O–H groups in total. The summed E-state index contributed by atoms with van der Waals surface area (Å²) in [6.45, 7) is 5.57. The molecular weight excluding hydrogens is 290 g/mol. The molecule has 0 bridgehead atoms. The number of unbranched alkanes of at least 4 members (excludes halogenated alkanes) is 1. The minimum Gasteiger partial charge on any atom is -0.357 e. The molecule has 7 heteroatoms. The molecule has 0 aliphatic heterocycles. The topological polar surface area (TPSA) is 63.3 Å². The van der Waals surface area contributed by atoms with Crippen molar-refractivity contribution in [3.8, 4) is 0 Å². The second-order valence-electron chi connectivity index (χ2n) is 5.61. The van der Waals surface area contributed by atoms with Gasteiger partial charge in [-0.2, -0.15) is 0 Å². The van der Waals surface area contributed by atoms with E-state index in [4.69, 9.17) is 4.99 Å². The summed E-state index contributed by atoms with van der Waals surface area (Å²) in [6, 6.07) is 4.21. The van der Waals surface area contributed by atoms with Crippen LogP contribution in [0.25, 0.3) is 0 Å². The summed E-state index contributed by atoms with van der Waals surface area (Å²) in [6.07, 6.45) is 7.69. The summed E-state index contributed by atoms with van der Waals surface area (Å²) in [5.74, 6) is 0.956. The van der Waals surface area contributed by atoms with E-state index in [-0.39, 0.29) is 0 Å². The van der Waals surface area contributed by atoms with Crippen molar-refractivity contribution < 1.29 is 0 Å². The highest BCUT2D eigenvalue weighted by Crippen LogP contribution is 2.04. The van der Waals surface area contributed by atoms with Crippen LogP contribution in [0, 0.1) is 0 Å². The van der Waals surface area contributed by atoms with Crippen LogP contribution in [0.15, 0.2) is 36.0 Å². The van der Waals surface area contributed by atoms with Gasteiger partial charge in [-0.25, -0.2) is 0 Å². The molecule has 0 fully saturated rings. The van der Waals surface area contributed by atoms with Crippen molar-refractivity contribution in [1.82, 2.24) is 29.5 Å². The van der Waals surface area contributed by atoms with E-state index in [0.717, 1.165) is 45.0 Å². The van der Waals surface area contributed by atoms with Gasteiger partial charge in [0.25, 0.3) is 0 Å². The molecule has 0 saturated heterocycles. The molecule has 23 heavy (non-hydrogen) atoms. The highest BCUT2D eigenvalue weighted by molar-refractivity contribution is 5.79. The first-order valence-electron chi connectivity index (χ1n) is 8.12. The maximum atomic E-state index is 4.72. The lowest BCUT2D eigenvalue weighted by Crippen LogP contribution is -2.38. The summed E-state index contributed by atoms with van der Waals surface area (Å²) >= 11 is 0. The number of aliphatic imine (C=N–C) groups is 1. The number of aromatic nitrogens is 4. The normalized spacial score (nSPS) is 11.7. The molecule has 2 aromatic heterocycles. The van der Waals surface area contributed by atoms with Gasteiger partial charge in [-0.1, -0.05) is 0 Å². The predicted molar refractivity (Wildman–Crippen MR) is 92.1 cm³/mol. The van der Waals surface area contributed by atoms with Crippen LogP contribution in [0.4, 0.5) is 0 Å². The average molecular weight is 317 g/mol. The van der Waals surface area contributed by atoms with Crippen molar-refractivity contribution in [2.75, 3.05) is 20.1 Å². The zero-order chi connectivity index (χ0) is 16.5. The number of hydrogen-bond acceptors (Lipinski definition) is 3. The predicted octanol–water partition coefficient (Wildman–Crippen LogP) is 1.49. The van der Waals surface area contributed by atoms with Crippen molar-refractivity contribution in [3.05, 3.63) is 36.7 Å². The number of rotatable bonds is 8. The molecule has 0 aliphatic rings. The number of nitrogens with one attached hydrogen (secondary N) is 1. The number of guanidine groups is 1. The monoisotopic (exact) mass is 317 g/mol. The van der Waals surface area contributed by atoms with Gasteiger partial charge in [-0.05, 0) is 31.9 Å². The maximum Gasteiger partial charge on any atom is 0.194 e. The van der Waals surface area contributed by atoms with E-state index in [1.165, 1.54) is 5.69 Å². The number of nitrogens with zero attached hydrogens (tertiary/aromatic N) is 6. The average Bonchev–Trinajstić information content (AvgIpc) is 3.18. The lowest BCUT2D eigenvalue weighted by molar-refractivity contribution is 0.461. The van der Waals surface area contributed by atoms with E-state index in [9.17, 15) is 0 Å². The van der Waals surface area contributed by atoms with E-state index in [1.54, 1.807) is 12.7 Å². The molecule has 0 aliphatic carbocycles. The van der Waals surface area contributed by atoms with Crippen LogP contribution in [0.3, 0.4) is 0 Å². The Hall–Kier alpha value is -2.31. The van der Waals surface area contributed by atoms with Gasteiger partial charge in [-0.3, -0.25) is 4.99 Å². The molecule has 0 unspecified atom stereocenters. The summed E-state index contributed by atoms with van der Waals surface area (Å²) in [5, 5.41) is 11.0. The molecule has 2 rings (SSSR count). The van der Waals surface area contributed by atoms with E-state index >= 15 is 0 Å². The number of hydrogen-bond donors (Lipinski definition) is 1. The first-order valence-corrected chi connectivity index (χ1v) is 8.12. The first kappa shape index (κ1) is 17.1. The van der Waals surface area contributed by atoms with E-state index in [0.29, 0.717) is 0 Å². The van der Waals surface area contributed by atoms with Crippen molar-refractivity contribution in [2.45, 2.75) is 32.9 Å². The van der Waals surface area contributed by atoms with Crippen LogP contribution in [-0.4, -0.2) is 50.3 Å². The summed E-state index contributed by atoms with van der Waals surface area (Å²) < 4.78 is 4.13. The SMILES string of the molecule is CCNC(=NCCCCn1cnnc1)N(C)Cc1cccn1C. The molecule has 2 heterocycles. The molecule has 0 amide bonds. The summed E-state index contributed by atoms with van der Waals surface area (Å²) in [4.78, 5) is 6.89. The standard InChI is InChI=1S/C16H27N7/c1-4-17-16(22(3)12-15-8-7-10-21(15)2)18-9-5-6-11-23-13-19-20-14-23/h7-8,10,13-14H,4-6,9,11-12H2,1-3H3,(H,17,18). The Morgan fingerprint density at radius 1 is 1.30 bits per heavy atom. The Kier molecular flexibility index (Phi) is 6.65. The third-order valence-corrected chi connectivity index (χ3v) is 3.70. The second kappa shape index (κ2) is 8.97. The lowest BCUT2D eigenvalue weighted by atomic mass is 10.3. The summed E-state index contributed by atoms with van der Waals surface area (Å²) in [7, 11) is 4.14. The molecule has 0 atom stereocenters. The second-order valence-corrected chi connectivity index (χ2v) is 5.61. The highest BCUT2D eigenvalue weighted by atomic mass is 15.3. The van der Waals surface area contributed by atoms with E-state index in [1.807, 2.05) is 4.57 Å². The van der Waals surface area contributed by atoms with Crippen molar-refractivity contribution in [3.63, 3.8) is 0 Å². The lowest BCUT2D eigenvalue weighted by Gasteiger charge is -2.22. The Labute approximate surface area is 138 Å². The third kappa shape index (κ3) is 5.43. The van der Waals surface area contributed by atoms with Crippen molar-refractivity contribution in [2.24, 2.45) is 12.0 Å².